The molecule has 33 heavy (non-hydrogen) atoms. The molecule has 2 rings (SSSR count). The maximum absolute atomic E-state index is 13.0. The molecule has 0 saturated carbocycles. The lowest BCUT2D eigenvalue weighted by atomic mass is 10.0. The van der Waals surface area contributed by atoms with Crippen LogP contribution in [0.2, 0.25) is 0 Å². The third kappa shape index (κ3) is 7.98. The van der Waals surface area contributed by atoms with E-state index in [9.17, 15) is 18.0 Å². The molecular weight excluding hydrogens is 438 g/mol. The Morgan fingerprint density at radius 3 is 2.09 bits per heavy atom. The first kappa shape index (κ1) is 26.5. The molecule has 2 aromatic carbocycles. The van der Waals surface area contributed by atoms with Crippen LogP contribution in [-0.2, 0) is 14.8 Å². The van der Waals surface area contributed by atoms with Crippen LogP contribution in [0.1, 0.15) is 55.6 Å². The van der Waals surface area contributed by atoms with Gasteiger partial charge in [0, 0.05) is 17.8 Å². The predicted octanol–water partition coefficient (Wildman–Crippen LogP) is 4.02. The third-order valence-electron chi connectivity index (χ3n) is 5.07. The highest BCUT2D eigenvalue weighted by Gasteiger charge is 2.27. The zero-order valence-electron chi connectivity index (χ0n) is 20.2. The number of aryl methyl sites for hydroxylation is 2. The molecule has 0 bridgehead atoms. The van der Waals surface area contributed by atoms with Crippen molar-refractivity contribution in [2.75, 3.05) is 11.9 Å². The fourth-order valence-corrected chi connectivity index (χ4v) is 4.43. The maximum Gasteiger partial charge on any atom is 0.251 e. The molecule has 0 radical (unpaired) electrons. The van der Waals surface area contributed by atoms with Crippen molar-refractivity contribution < 1.29 is 18.0 Å². The zero-order chi connectivity index (χ0) is 24.8. The summed E-state index contributed by atoms with van der Waals surface area (Å²) in [4.78, 5) is 25.5. The van der Waals surface area contributed by atoms with Crippen LogP contribution in [0, 0.1) is 25.7 Å². The first-order valence-electron chi connectivity index (χ1n) is 11.2. The highest BCUT2D eigenvalue weighted by Crippen LogP contribution is 2.19. The van der Waals surface area contributed by atoms with Crippen LogP contribution in [0.4, 0.5) is 5.69 Å². The van der Waals surface area contributed by atoms with Gasteiger partial charge < -0.3 is 10.6 Å². The lowest BCUT2D eigenvalue weighted by Crippen LogP contribution is -2.44. The molecule has 2 aromatic rings. The normalized spacial score (nSPS) is 12.6. The van der Waals surface area contributed by atoms with Crippen LogP contribution in [0.15, 0.2) is 47.4 Å². The molecule has 0 heterocycles. The summed E-state index contributed by atoms with van der Waals surface area (Å²) < 4.78 is 28.3. The highest BCUT2D eigenvalue weighted by atomic mass is 32.2. The van der Waals surface area contributed by atoms with E-state index in [1.54, 1.807) is 37.3 Å². The van der Waals surface area contributed by atoms with Crippen LogP contribution >= 0.6 is 0 Å². The van der Waals surface area contributed by atoms with E-state index < -0.39 is 22.0 Å². The van der Waals surface area contributed by atoms with Crippen molar-refractivity contribution in [3.05, 3.63) is 59.2 Å². The van der Waals surface area contributed by atoms with Crippen LogP contribution in [0.25, 0.3) is 0 Å². The van der Waals surface area contributed by atoms with E-state index in [1.807, 2.05) is 34.6 Å². The second-order valence-corrected chi connectivity index (χ2v) is 11.0. The average molecular weight is 474 g/mol. The standard InChI is InChI=1S/C25H35N3O4S/c1-16(2)13-23(28-33(31,32)21-10-7-18(5)8-11-21)25(30)27-22-12-9-20(14-19(22)6)24(29)26-15-17(3)4/h7-12,14,16-17,23,28H,13,15H2,1-6H3,(H,26,29)(H,27,30). The van der Waals surface area contributed by atoms with Crippen LogP contribution in [-0.4, -0.2) is 32.8 Å². The molecule has 0 aliphatic carbocycles. The van der Waals surface area contributed by atoms with Gasteiger partial charge in [-0.25, -0.2) is 8.42 Å². The van der Waals surface area contributed by atoms with E-state index in [4.69, 9.17) is 0 Å². The van der Waals surface area contributed by atoms with Crippen molar-refractivity contribution in [2.24, 2.45) is 11.8 Å². The average Bonchev–Trinajstić information content (AvgIpc) is 2.72. The molecule has 0 aromatic heterocycles. The summed E-state index contributed by atoms with van der Waals surface area (Å²) in [6, 6.07) is 10.6. The highest BCUT2D eigenvalue weighted by molar-refractivity contribution is 7.89. The van der Waals surface area contributed by atoms with Crippen molar-refractivity contribution in [3.8, 4) is 0 Å². The first-order chi connectivity index (χ1) is 15.4. The van der Waals surface area contributed by atoms with Gasteiger partial charge in [-0.3, -0.25) is 9.59 Å². The van der Waals surface area contributed by atoms with E-state index in [0.29, 0.717) is 35.7 Å². The van der Waals surface area contributed by atoms with Crippen LogP contribution in [0.3, 0.4) is 0 Å². The molecule has 0 fully saturated rings. The Morgan fingerprint density at radius 1 is 0.909 bits per heavy atom. The Hall–Kier alpha value is -2.71. The molecule has 0 spiro atoms. The SMILES string of the molecule is Cc1ccc(S(=O)(=O)NC(CC(C)C)C(=O)Nc2ccc(C(=O)NCC(C)C)cc2C)cc1. The van der Waals surface area contributed by atoms with Gasteiger partial charge >= 0.3 is 0 Å². The van der Waals surface area contributed by atoms with Crippen LogP contribution < -0.4 is 15.4 Å². The number of amides is 2. The lowest BCUT2D eigenvalue weighted by molar-refractivity contribution is -0.118. The van der Waals surface area contributed by atoms with Gasteiger partial charge in [-0.05, 0) is 68.0 Å². The summed E-state index contributed by atoms with van der Waals surface area (Å²) >= 11 is 0. The molecular formula is C25H35N3O4S. The van der Waals surface area contributed by atoms with Gasteiger partial charge in [0.2, 0.25) is 15.9 Å². The largest absolute Gasteiger partial charge is 0.352 e. The van der Waals surface area contributed by atoms with Crippen molar-refractivity contribution in [3.63, 3.8) is 0 Å². The number of nitrogens with one attached hydrogen (secondary N) is 3. The summed E-state index contributed by atoms with van der Waals surface area (Å²) in [6.07, 6.45) is 0.339. The molecule has 0 aliphatic heterocycles. The predicted molar refractivity (Wildman–Crippen MR) is 132 cm³/mol. The number of carbonyl (C=O) groups excluding carboxylic acids is 2. The van der Waals surface area contributed by atoms with Gasteiger partial charge in [-0.1, -0.05) is 45.4 Å². The van der Waals surface area contributed by atoms with Crippen LogP contribution in [0.5, 0.6) is 0 Å². The summed E-state index contributed by atoms with van der Waals surface area (Å²) in [5.74, 6) is -0.183. The smallest absolute Gasteiger partial charge is 0.251 e. The Balaban J connectivity index is 2.18. The molecule has 8 heteroatoms. The van der Waals surface area contributed by atoms with Gasteiger partial charge in [0.15, 0.2) is 0 Å². The fraction of sp³-hybridized carbons (Fsp3) is 0.440. The number of anilines is 1. The van der Waals surface area contributed by atoms with E-state index >= 15 is 0 Å². The van der Waals surface area contributed by atoms with Gasteiger partial charge in [0.1, 0.15) is 6.04 Å². The number of benzene rings is 2. The number of rotatable bonds is 10. The van der Waals surface area contributed by atoms with E-state index in [0.717, 1.165) is 5.56 Å². The Kier molecular flexibility index (Phi) is 9.19. The Bertz CT molecular complexity index is 1080. The molecule has 1 unspecified atom stereocenters. The van der Waals surface area contributed by atoms with Crippen molar-refractivity contribution in [1.82, 2.24) is 10.0 Å². The molecule has 3 N–H and O–H groups in total. The summed E-state index contributed by atoms with van der Waals surface area (Å²) in [5, 5.41) is 5.69. The number of hydrogen-bond donors (Lipinski definition) is 3. The maximum atomic E-state index is 13.0. The quantitative estimate of drug-likeness (QED) is 0.485. The lowest BCUT2D eigenvalue weighted by Gasteiger charge is -2.21. The minimum Gasteiger partial charge on any atom is -0.352 e. The number of sulfonamides is 1. The molecule has 7 nitrogen and oxygen atoms in total. The molecule has 0 aliphatic rings. The Labute approximate surface area is 197 Å². The summed E-state index contributed by atoms with van der Waals surface area (Å²) in [5.41, 5.74) is 2.70. The second kappa shape index (κ2) is 11.4. The minimum absolute atomic E-state index is 0.0922. The number of hydrogen-bond acceptors (Lipinski definition) is 4. The van der Waals surface area contributed by atoms with Gasteiger partial charge in [-0.15, -0.1) is 0 Å². The topological polar surface area (TPSA) is 104 Å². The van der Waals surface area contributed by atoms with Gasteiger partial charge in [-0.2, -0.15) is 4.72 Å². The Morgan fingerprint density at radius 2 is 1.55 bits per heavy atom. The van der Waals surface area contributed by atoms with Crippen molar-refractivity contribution >= 4 is 27.5 Å². The van der Waals surface area contributed by atoms with E-state index in [2.05, 4.69) is 15.4 Å². The summed E-state index contributed by atoms with van der Waals surface area (Å²) in [7, 11) is -3.86. The van der Waals surface area contributed by atoms with E-state index in [1.165, 1.54) is 12.1 Å². The van der Waals surface area contributed by atoms with Crippen molar-refractivity contribution in [1.29, 1.82) is 0 Å². The fourth-order valence-electron chi connectivity index (χ4n) is 3.22. The van der Waals surface area contributed by atoms with E-state index in [-0.39, 0.29) is 16.7 Å². The minimum atomic E-state index is -3.86. The van der Waals surface area contributed by atoms with Crippen molar-refractivity contribution in [2.45, 2.75) is 58.9 Å². The zero-order valence-corrected chi connectivity index (χ0v) is 21.0. The molecule has 0 saturated heterocycles. The number of carbonyl (C=O) groups is 2. The second-order valence-electron chi connectivity index (χ2n) is 9.24. The van der Waals surface area contributed by atoms with Gasteiger partial charge in [0.25, 0.3) is 5.91 Å². The molecule has 1 atom stereocenters. The first-order valence-corrected chi connectivity index (χ1v) is 12.7. The molecule has 2 amide bonds. The van der Waals surface area contributed by atoms with Gasteiger partial charge in [0.05, 0.1) is 4.90 Å². The monoisotopic (exact) mass is 473 g/mol. The molecule has 180 valence electrons. The third-order valence-corrected chi connectivity index (χ3v) is 6.56. The summed E-state index contributed by atoms with van der Waals surface area (Å²) in [6.45, 7) is 12.1.